The number of ether oxygens (including phenoxy) is 1. The maximum Gasteiger partial charge on any atom is 0.416 e. The van der Waals surface area contributed by atoms with Gasteiger partial charge in [-0.2, -0.15) is 13.2 Å². The molecule has 86 valence electrons. The number of anilines is 1. The van der Waals surface area contributed by atoms with E-state index in [-0.39, 0.29) is 13.3 Å². The highest BCUT2D eigenvalue weighted by Crippen LogP contribution is 2.31. The van der Waals surface area contributed by atoms with Crippen LogP contribution in [0.15, 0.2) is 24.3 Å². The number of cyclic esters (lactones) is 1. The number of esters is 1. The van der Waals surface area contributed by atoms with Gasteiger partial charge in [-0.25, -0.2) is 0 Å². The molecule has 16 heavy (non-hydrogen) atoms. The average molecular weight is 231 g/mol. The molecule has 0 N–H and O–H groups in total. The summed E-state index contributed by atoms with van der Waals surface area (Å²) < 4.78 is 41.9. The number of carbonyl (C=O) groups is 1. The Kier molecular flexibility index (Phi) is 2.49. The Balaban J connectivity index is 2.26. The Morgan fingerprint density at radius 2 is 2.06 bits per heavy atom. The Morgan fingerprint density at radius 3 is 2.62 bits per heavy atom. The van der Waals surface area contributed by atoms with Crippen LogP contribution >= 0.6 is 0 Å². The molecule has 0 radical (unpaired) electrons. The number of rotatable bonds is 1. The van der Waals surface area contributed by atoms with Crippen molar-refractivity contribution in [2.24, 2.45) is 0 Å². The Morgan fingerprint density at radius 1 is 1.31 bits per heavy atom. The molecule has 3 nitrogen and oxygen atoms in total. The number of halogens is 3. The lowest BCUT2D eigenvalue weighted by Crippen LogP contribution is -2.20. The molecule has 6 heteroatoms. The number of nitrogens with zero attached hydrogens (tertiary/aromatic N) is 1. The summed E-state index contributed by atoms with van der Waals surface area (Å²) in [7, 11) is 0. The standard InChI is InChI=1S/C10H8F3NO2/c11-10(12,13)7-2-1-3-8(4-7)14-5-9(15)16-6-14/h1-4H,5-6H2. The van der Waals surface area contributed by atoms with Crippen LogP contribution in [0.3, 0.4) is 0 Å². The highest BCUT2D eigenvalue weighted by atomic mass is 19.4. The lowest BCUT2D eigenvalue weighted by Gasteiger charge is -2.15. The van der Waals surface area contributed by atoms with Gasteiger partial charge < -0.3 is 9.64 Å². The maximum atomic E-state index is 12.4. The van der Waals surface area contributed by atoms with E-state index in [4.69, 9.17) is 0 Å². The molecule has 1 aliphatic heterocycles. The molecule has 0 atom stereocenters. The maximum absolute atomic E-state index is 12.4. The van der Waals surface area contributed by atoms with Crippen LogP contribution in [0.25, 0.3) is 0 Å². The minimum atomic E-state index is -4.37. The highest BCUT2D eigenvalue weighted by Gasteiger charge is 2.31. The highest BCUT2D eigenvalue weighted by molar-refractivity contribution is 5.78. The zero-order valence-electron chi connectivity index (χ0n) is 8.12. The molecular formula is C10H8F3NO2. The van der Waals surface area contributed by atoms with Crippen molar-refractivity contribution in [2.45, 2.75) is 6.18 Å². The molecule has 1 aromatic carbocycles. The SMILES string of the molecule is O=C1CN(c2cccc(C(F)(F)F)c2)CO1. The van der Waals surface area contributed by atoms with Crippen molar-refractivity contribution in [2.75, 3.05) is 18.2 Å². The first kappa shape index (κ1) is 10.8. The smallest absolute Gasteiger partial charge is 0.416 e. The van der Waals surface area contributed by atoms with Gasteiger partial charge in [0.2, 0.25) is 0 Å². The van der Waals surface area contributed by atoms with Crippen LogP contribution in [0.4, 0.5) is 18.9 Å². The van der Waals surface area contributed by atoms with Gasteiger partial charge >= 0.3 is 12.1 Å². The largest absolute Gasteiger partial charge is 0.443 e. The van der Waals surface area contributed by atoms with Gasteiger partial charge in [-0.3, -0.25) is 4.79 Å². The topological polar surface area (TPSA) is 29.5 Å². The van der Waals surface area contributed by atoms with Crippen LogP contribution in [-0.4, -0.2) is 19.2 Å². The first-order valence-electron chi connectivity index (χ1n) is 4.54. The predicted molar refractivity (Wildman–Crippen MR) is 49.7 cm³/mol. The lowest BCUT2D eigenvalue weighted by molar-refractivity contribution is -0.138. The summed E-state index contributed by atoms with van der Waals surface area (Å²) in [6.07, 6.45) is -4.37. The van der Waals surface area contributed by atoms with E-state index in [1.807, 2.05) is 0 Å². The van der Waals surface area contributed by atoms with Crippen LogP contribution in [0.5, 0.6) is 0 Å². The molecule has 1 fully saturated rings. The van der Waals surface area contributed by atoms with Crippen molar-refractivity contribution in [1.29, 1.82) is 0 Å². The average Bonchev–Trinajstić information content (AvgIpc) is 2.64. The number of benzene rings is 1. The quantitative estimate of drug-likeness (QED) is 0.692. The van der Waals surface area contributed by atoms with Crippen LogP contribution in [0.1, 0.15) is 5.56 Å². The number of carbonyl (C=O) groups excluding carboxylic acids is 1. The number of alkyl halides is 3. The van der Waals surface area contributed by atoms with E-state index in [1.54, 1.807) is 0 Å². The fraction of sp³-hybridized carbons (Fsp3) is 0.300. The van der Waals surface area contributed by atoms with Crippen molar-refractivity contribution in [3.8, 4) is 0 Å². The van der Waals surface area contributed by atoms with Gasteiger partial charge in [-0.15, -0.1) is 0 Å². The fourth-order valence-corrected chi connectivity index (χ4v) is 1.44. The zero-order chi connectivity index (χ0) is 11.8. The summed E-state index contributed by atoms with van der Waals surface area (Å²) in [5, 5.41) is 0. The normalized spacial score (nSPS) is 16.4. The Bertz CT molecular complexity index is 417. The van der Waals surface area contributed by atoms with Gasteiger partial charge in [0.25, 0.3) is 0 Å². The molecule has 0 unspecified atom stereocenters. The van der Waals surface area contributed by atoms with Gasteiger partial charge in [0.15, 0.2) is 6.73 Å². The Hall–Kier alpha value is -1.72. The second kappa shape index (κ2) is 3.70. The van der Waals surface area contributed by atoms with Crippen molar-refractivity contribution in [3.05, 3.63) is 29.8 Å². The van der Waals surface area contributed by atoms with Crippen molar-refractivity contribution in [1.82, 2.24) is 0 Å². The minimum Gasteiger partial charge on any atom is -0.443 e. The van der Waals surface area contributed by atoms with E-state index in [2.05, 4.69) is 4.74 Å². The van der Waals surface area contributed by atoms with Crippen molar-refractivity contribution in [3.63, 3.8) is 0 Å². The molecule has 2 rings (SSSR count). The van der Waals surface area contributed by atoms with E-state index in [1.165, 1.54) is 17.0 Å². The van der Waals surface area contributed by atoms with Gasteiger partial charge in [-0.1, -0.05) is 6.07 Å². The van der Waals surface area contributed by atoms with Gasteiger partial charge in [-0.05, 0) is 18.2 Å². The zero-order valence-corrected chi connectivity index (χ0v) is 8.12. The molecule has 0 spiro atoms. The summed E-state index contributed by atoms with van der Waals surface area (Å²) in [4.78, 5) is 12.3. The molecule has 0 amide bonds. The van der Waals surface area contributed by atoms with Crippen LogP contribution in [-0.2, 0) is 15.7 Å². The summed E-state index contributed by atoms with van der Waals surface area (Å²) in [6, 6.07) is 4.81. The molecule has 1 saturated heterocycles. The number of hydrogen-bond acceptors (Lipinski definition) is 3. The van der Waals surface area contributed by atoms with E-state index in [9.17, 15) is 18.0 Å². The third-order valence-electron chi connectivity index (χ3n) is 2.24. The van der Waals surface area contributed by atoms with E-state index < -0.39 is 17.7 Å². The molecular weight excluding hydrogens is 223 g/mol. The van der Waals surface area contributed by atoms with Crippen molar-refractivity contribution < 1.29 is 22.7 Å². The third-order valence-corrected chi connectivity index (χ3v) is 2.24. The number of hydrogen-bond donors (Lipinski definition) is 0. The molecule has 0 bridgehead atoms. The molecule has 0 saturated carbocycles. The molecule has 0 aromatic heterocycles. The summed E-state index contributed by atoms with van der Waals surface area (Å²) in [5.41, 5.74) is -0.398. The molecule has 1 heterocycles. The molecule has 1 aliphatic rings. The van der Waals surface area contributed by atoms with E-state index >= 15 is 0 Å². The molecule has 0 aliphatic carbocycles. The first-order valence-corrected chi connectivity index (χ1v) is 4.54. The van der Waals surface area contributed by atoms with Crippen LogP contribution < -0.4 is 4.90 Å². The van der Waals surface area contributed by atoms with Gasteiger partial charge in [0, 0.05) is 5.69 Å². The third kappa shape index (κ3) is 2.10. The van der Waals surface area contributed by atoms with Crippen LogP contribution in [0, 0.1) is 0 Å². The van der Waals surface area contributed by atoms with Crippen molar-refractivity contribution >= 4 is 11.7 Å². The second-order valence-electron chi connectivity index (χ2n) is 3.39. The first-order chi connectivity index (χ1) is 7.47. The van der Waals surface area contributed by atoms with Crippen LogP contribution in [0.2, 0.25) is 0 Å². The Labute approximate surface area is 89.4 Å². The fourth-order valence-electron chi connectivity index (χ4n) is 1.44. The summed E-state index contributed by atoms with van der Waals surface area (Å²) in [6.45, 7) is -0.0124. The summed E-state index contributed by atoms with van der Waals surface area (Å²) >= 11 is 0. The monoisotopic (exact) mass is 231 g/mol. The van der Waals surface area contributed by atoms with Gasteiger partial charge in [0.1, 0.15) is 6.54 Å². The summed E-state index contributed by atoms with van der Waals surface area (Å²) in [5.74, 6) is -0.433. The van der Waals surface area contributed by atoms with E-state index in [0.717, 1.165) is 12.1 Å². The lowest BCUT2D eigenvalue weighted by atomic mass is 10.2. The second-order valence-corrected chi connectivity index (χ2v) is 3.39. The van der Waals surface area contributed by atoms with Gasteiger partial charge in [0.05, 0.1) is 5.56 Å². The predicted octanol–water partition coefficient (Wildman–Crippen LogP) is 2.03. The van der Waals surface area contributed by atoms with E-state index in [0.29, 0.717) is 5.69 Å². The minimum absolute atomic E-state index is 0.000143. The molecule has 1 aromatic rings.